The molecule has 4 heteroatoms. The number of rotatable bonds is 5. The minimum Gasteiger partial charge on any atom is -0.396 e. The van der Waals surface area contributed by atoms with Crippen LogP contribution in [-0.2, 0) is 4.79 Å². The van der Waals surface area contributed by atoms with Crippen molar-refractivity contribution in [2.24, 2.45) is 5.41 Å². The van der Waals surface area contributed by atoms with Crippen molar-refractivity contribution < 1.29 is 9.90 Å². The molecule has 0 saturated carbocycles. The fourth-order valence-corrected chi connectivity index (χ4v) is 1.63. The van der Waals surface area contributed by atoms with Crippen LogP contribution in [0.3, 0.4) is 0 Å². The number of carbonyl (C=O) groups is 1. The molecular formula is C15H20ClNO2. The minimum atomic E-state index is -0.313. The van der Waals surface area contributed by atoms with Crippen LogP contribution in [0.25, 0.3) is 6.08 Å². The van der Waals surface area contributed by atoms with Gasteiger partial charge in [0, 0.05) is 29.2 Å². The van der Waals surface area contributed by atoms with E-state index in [1.807, 2.05) is 26.0 Å². The summed E-state index contributed by atoms with van der Waals surface area (Å²) in [6, 6.07) is 7.32. The molecule has 0 heterocycles. The van der Waals surface area contributed by atoms with E-state index in [1.54, 1.807) is 25.1 Å². The van der Waals surface area contributed by atoms with Gasteiger partial charge in [-0.1, -0.05) is 37.6 Å². The first-order valence-corrected chi connectivity index (χ1v) is 6.55. The van der Waals surface area contributed by atoms with E-state index in [9.17, 15) is 4.79 Å². The van der Waals surface area contributed by atoms with Gasteiger partial charge in [-0.3, -0.25) is 4.79 Å². The molecule has 1 rings (SSSR count). The van der Waals surface area contributed by atoms with Crippen LogP contribution >= 0.6 is 11.6 Å². The third-order valence-corrected chi connectivity index (χ3v) is 2.98. The Labute approximate surface area is 119 Å². The fraction of sp³-hybridized carbons (Fsp3) is 0.400. The van der Waals surface area contributed by atoms with Gasteiger partial charge in [-0.2, -0.15) is 0 Å². The molecule has 0 spiro atoms. The van der Waals surface area contributed by atoms with Crippen LogP contribution < -0.4 is 5.32 Å². The molecule has 0 bridgehead atoms. The summed E-state index contributed by atoms with van der Waals surface area (Å²) in [6.07, 6.45) is 1.78. The second-order valence-corrected chi connectivity index (χ2v) is 5.82. The van der Waals surface area contributed by atoms with Crippen LogP contribution in [0.5, 0.6) is 0 Å². The van der Waals surface area contributed by atoms with Crippen molar-refractivity contribution >= 4 is 23.6 Å². The Kier molecular flexibility index (Phi) is 5.58. The van der Waals surface area contributed by atoms with Crippen LogP contribution in [0, 0.1) is 5.41 Å². The van der Waals surface area contributed by atoms with Crippen LogP contribution in [-0.4, -0.2) is 24.2 Å². The van der Waals surface area contributed by atoms with Crippen molar-refractivity contribution in [2.45, 2.75) is 20.8 Å². The lowest BCUT2D eigenvalue weighted by Crippen LogP contribution is -2.36. The summed E-state index contributed by atoms with van der Waals surface area (Å²) in [6.45, 7) is 6.00. The highest BCUT2D eigenvalue weighted by molar-refractivity contribution is 6.30. The lowest BCUT2D eigenvalue weighted by molar-refractivity contribution is -0.117. The van der Waals surface area contributed by atoms with Gasteiger partial charge in [0.15, 0.2) is 0 Å². The van der Waals surface area contributed by atoms with Crippen molar-refractivity contribution in [2.75, 3.05) is 13.2 Å². The molecule has 0 aromatic heterocycles. The summed E-state index contributed by atoms with van der Waals surface area (Å²) < 4.78 is 0. The quantitative estimate of drug-likeness (QED) is 0.816. The number of aliphatic hydroxyl groups is 1. The Hall–Kier alpha value is -1.32. The molecule has 1 aromatic rings. The maximum absolute atomic E-state index is 11.9. The summed E-state index contributed by atoms with van der Waals surface area (Å²) in [4.78, 5) is 11.9. The lowest BCUT2D eigenvalue weighted by atomic mass is 9.95. The maximum atomic E-state index is 11.9. The lowest BCUT2D eigenvalue weighted by Gasteiger charge is -2.21. The number of carbonyl (C=O) groups excluding carboxylic acids is 1. The number of aliphatic hydroxyl groups excluding tert-OH is 1. The highest BCUT2D eigenvalue weighted by Gasteiger charge is 2.17. The van der Waals surface area contributed by atoms with Crippen LogP contribution in [0.2, 0.25) is 5.02 Å². The molecule has 0 radical (unpaired) electrons. The Morgan fingerprint density at radius 3 is 2.74 bits per heavy atom. The fourth-order valence-electron chi connectivity index (χ4n) is 1.43. The summed E-state index contributed by atoms with van der Waals surface area (Å²) in [5, 5.41) is 12.6. The van der Waals surface area contributed by atoms with E-state index in [0.29, 0.717) is 17.1 Å². The predicted octanol–water partition coefficient (Wildman–Crippen LogP) is 2.88. The van der Waals surface area contributed by atoms with Gasteiger partial charge in [0.05, 0.1) is 0 Å². The number of benzene rings is 1. The predicted molar refractivity (Wildman–Crippen MR) is 79.0 cm³/mol. The van der Waals surface area contributed by atoms with E-state index < -0.39 is 0 Å². The standard InChI is InChI=1S/C15H20ClNO2/c1-11(7-12-5-4-6-13(16)8-12)14(19)17-9-15(2,3)10-18/h4-8,18H,9-10H2,1-3H3,(H,17,19)/b11-7-. The second kappa shape index (κ2) is 6.73. The molecule has 1 amide bonds. The van der Waals surface area contributed by atoms with Crippen molar-refractivity contribution in [1.82, 2.24) is 5.32 Å². The molecule has 104 valence electrons. The third kappa shape index (κ3) is 5.45. The van der Waals surface area contributed by atoms with Crippen LogP contribution in [0.1, 0.15) is 26.3 Å². The molecule has 2 N–H and O–H groups in total. The van der Waals surface area contributed by atoms with Gasteiger partial charge in [0.1, 0.15) is 0 Å². The van der Waals surface area contributed by atoms with Crippen molar-refractivity contribution in [3.63, 3.8) is 0 Å². The zero-order valence-electron chi connectivity index (χ0n) is 11.5. The van der Waals surface area contributed by atoms with E-state index in [2.05, 4.69) is 5.32 Å². The second-order valence-electron chi connectivity index (χ2n) is 5.39. The third-order valence-electron chi connectivity index (χ3n) is 2.75. The largest absolute Gasteiger partial charge is 0.396 e. The van der Waals surface area contributed by atoms with Crippen molar-refractivity contribution in [1.29, 1.82) is 0 Å². The minimum absolute atomic E-state index is 0.0321. The van der Waals surface area contributed by atoms with Gasteiger partial charge in [-0.05, 0) is 30.7 Å². The van der Waals surface area contributed by atoms with Gasteiger partial charge in [-0.15, -0.1) is 0 Å². The molecule has 0 atom stereocenters. The highest BCUT2D eigenvalue weighted by atomic mass is 35.5. The summed E-state index contributed by atoms with van der Waals surface area (Å²) in [7, 11) is 0. The Balaban J connectivity index is 2.67. The Bertz CT molecular complexity index is 481. The number of halogens is 1. The molecule has 3 nitrogen and oxygen atoms in total. The van der Waals surface area contributed by atoms with Gasteiger partial charge >= 0.3 is 0 Å². The number of hydrogen-bond donors (Lipinski definition) is 2. The number of amides is 1. The Morgan fingerprint density at radius 2 is 2.16 bits per heavy atom. The first kappa shape index (κ1) is 15.7. The van der Waals surface area contributed by atoms with E-state index in [4.69, 9.17) is 16.7 Å². The molecule has 1 aromatic carbocycles. The van der Waals surface area contributed by atoms with Gasteiger partial charge in [-0.25, -0.2) is 0 Å². The smallest absolute Gasteiger partial charge is 0.246 e. The van der Waals surface area contributed by atoms with Crippen LogP contribution in [0.15, 0.2) is 29.8 Å². The first-order valence-electron chi connectivity index (χ1n) is 6.17. The molecule has 0 fully saturated rings. The van der Waals surface area contributed by atoms with Gasteiger partial charge in [0.2, 0.25) is 5.91 Å². The number of nitrogens with one attached hydrogen (secondary N) is 1. The normalized spacial score (nSPS) is 12.4. The first-order chi connectivity index (χ1) is 8.84. The number of hydrogen-bond acceptors (Lipinski definition) is 2. The summed E-state index contributed by atoms with van der Waals surface area (Å²) in [5.74, 6) is -0.137. The van der Waals surface area contributed by atoms with E-state index in [1.165, 1.54) is 0 Å². The SMILES string of the molecule is C/C(=C/c1cccc(Cl)c1)C(=O)NCC(C)(C)CO. The monoisotopic (exact) mass is 281 g/mol. The molecule has 0 saturated heterocycles. The molecular weight excluding hydrogens is 262 g/mol. The highest BCUT2D eigenvalue weighted by Crippen LogP contribution is 2.14. The zero-order valence-corrected chi connectivity index (χ0v) is 12.3. The Morgan fingerprint density at radius 1 is 1.47 bits per heavy atom. The molecule has 0 aliphatic heterocycles. The maximum Gasteiger partial charge on any atom is 0.246 e. The zero-order chi connectivity index (χ0) is 14.5. The molecule has 19 heavy (non-hydrogen) atoms. The molecule has 0 aliphatic rings. The average molecular weight is 282 g/mol. The van der Waals surface area contributed by atoms with E-state index in [-0.39, 0.29) is 17.9 Å². The van der Waals surface area contributed by atoms with Crippen LogP contribution in [0.4, 0.5) is 0 Å². The van der Waals surface area contributed by atoms with E-state index in [0.717, 1.165) is 5.56 Å². The summed E-state index contributed by atoms with van der Waals surface area (Å²) >= 11 is 5.89. The van der Waals surface area contributed by atoms with Gasteiger partial charge in [0.25, 0.3) is 0 Å². The molecule has 0 unspecified atom stereocenters. The van der Waals surface area contributed by atoms with Gasteiger partial charge < -0.3 is 10.4 Å². The topological polar surface area (TPSA) is 49.3 Å². The summed E-state index contributed by atoms with van der Waals surface area (Å²) in [5.41, 5.74) is 1.18. The average Bonchev–Trinajstić information content (AvgIpc) is 2.36. The van der Waals surface area contributed by atoms with Crippen molar-refractivity contribution in [3.8, 4) is 0 Å². The van der Waals surface area contributed by atoms with E-state index >= 15 is 0 Å². The van der Waals surface area contributed by atoms with Crippen molar-refractivity contribution in [3.05, 3.63) is 40.4 Å². The molecule has 0 aliphatic carbocycles.